The van der Waals surface area contributed by atoms with Crippen LogP contribution in [0.4, 0.5) is 5.82 Å². The highest BCUT2D eigenvalue weighted by Crippen LogP contribution is 2.15. The summed E-state index contributed by atoms with van der Waals surface area (Å²) in [4.78, 5) is 9.79. The maximum absolute atomic E-state index is 10.3. The Bertz CT molecular complexity index is 277. The molecule has 0 aliphatic carbocycles. The Morgan fingerprint density at radius 1 is 1.67 bits per heavy atom. The summed E-state index contributed by atoms with van der Waals surface area (Å²) in [7, 11) is 0. The fraction of sp³-hybridized carbons (Fsp3) is 0.400. The SMILES string of the molecule is O=[N+]([O-])c1cc(CBr)n(CBr)n1. The Morgan fingerprint density at radius 2 is 2.33 bits per heavy atom. The van der Waals surface area contributed by atoms with Crippen molar-refractivity contribution >= 4 is 37.7 Å². The molecule has 12 heavy (non-hydrogen) atoms. The second-order valence-electron chi connectivity index (χ2n) is 2.00. The van der Waals surface area contributed by atoms with Crippen LogP contribution < -0.4 is 0 Å². The topological polar surface area (TPSA) is 61.0 Å². The van der Waals surface area contributed by atoms with Crippen molar-refractivity contribution in [3.63, 3.8) is 0 Å². The molecule has 0 fully saturated rings. The van der Waals surface area contributed by atoms with Gasteiger partial charge in [-0.3, -0.25) is 0 Å². The van der Waals surface area contributed by atoms with Crippen LogP contribution in [-0.4, -0.2) is 14.7 Å². The first-order valence-corrected chi connectivity index (χ1v) is 5.26. The molecule has 7 heteroatoms. The smallest absolute Gasteiger partial charge is 0.358 e. The van der Waals surface area contributed by atoms with E-state index in [1.165, 1.54) is 10.7 Å². The van der Waals surface area contributed by atoms with Crippen LogP contribution in [0.3, 0.4) is 0 Å². The van der Waals surface area contributed by atoms with Gasteiger partial charge in [-0.1, -0.05) is 31.9 Å². The molecular weight excluding hydrogens is 294 g/mol. The predicted molar refractivity (Wildman–Crippen MR) is 50.4 cm³/mol. The Hall–Kier alpha value is -0.430. The van der Waals surface area contributed by atoms with E-state index in [-0.39, 0.29) is 5.82 Å². The number of nitro groups is 1. The van der Waals surface area contributed by atoms with Crippen LogP contribution in [-0.2, 0) is 10.8 Å². The molecule has 66 valence electrons. The van der Waals surface area contributed by atoms with Gasteiger partial charge >= 0.3 is 5.82 Å². The lowest BCUT2D eigenvalue weighted by Gasteiger charge is -1.90. The second-order valence-corrected chi connectivity index (χ2v) is 3.07. The number of halogens is 2. The maximum atomic E-state index is 10.3. The molecule has 0 saturated heterocycles. The number of nitrogens with zero attached hydrogens (tertiary/aromatic N) is 3. The second kappa shape index (κ2) is 3.99. The van der Waals surface area contributed by atoms with Gasteiger partial charge in [-0.2, -0.15) is 4.68 Å². The molecule has 0 bridgehead atoms. The molecule has 0 N–H and O–H groups in total. The quantitative estimate of drug-likeness (QED) is 0.487. The lowest BCUT2D eigenvalue weighted by molar-refractivity contribution is -0.389. The molecule has 1 heterocycles. The fourth-order valence-electron chi connectivity index (χ4n) is 0.741. The summed E-state index contributed by atoms with van der Waals surface area (Å²) >= 11 is 6.38. The average molecular weight is 299 g/mol. The van der Waals surface area contributed by atoms with Crippen molar-refractivity contribution in [2.24, 2.45) is 0 Å². The standard InChI is InChI=1S/C5H5Br2N3O2/c6-2-4-1-5(10(11)12)8-9(4)3-7/h1H,2-3H2. The highest BCUT2D eigenvalue weighted by atomic mass is 79.9. The van der Waals surface area contributed by atoms with E-state index >= 15 is 0 Å². The molecule has 0 unspecified atom stereocenters. The molecule has 0 radical (unpaired) electrons. The molecule has 0 aromatic carbocycles. The number of rotatable bonds is 3. The minimum Gasteiger partial charge on any atom is -0.358 e. The van der Waals surface area contributed by atoms with Gasteiger partial charge in [-0.15, -0.1) is 0 Å². The predicted octanol–water partition coefficient (Wildman–Crippen LogP) is 2.04. The summed E-state index contributed by atoms with van der Waals surface area (Å²) in [6.45, 7) is 0. The molecule has 0 spiro atoms. The van der Waals surface area contributed by atoms with Crippen LogP contribution in [0, 0.1) is 10.1 Å². The van der Waals surface area contributed by atoms with E-state index in [1.54, 1.807) is 0 Å². The normalized spacial score (nSPS) is 10.2. The molecule has 0 amide bonds. The lowest BCUT2D eigenvalue weighted by Crippen LogP contribution is -1.98. The first-order chi connectivity index (χ1) is 5.69. The number of hydrogen-bond donors (Lipinski definition) is 0. The first-order valence-electron chi connectivity index (χ1n) is 3.02. The zero-order chi connectivity index (χ0) is 9.14. The Kier molecular flexibility index (Phi) is 3.21. The molecule has 1 aromatic rings. The lowest BCUT2D eigenvalue weighted by atomic mass is 10.5. The Morgan fingerprint density at radius 3 is 2.67 bits per heavy atom. The Labute approximate surface area is 85.2 Å². The monoisotopic (exact) mass is 297 g/mol. The van der Waals surface area contributed by atoms with Crippen molar-refractivity contribution in [1.29, 1.82) is 0 Å². The third-order valence-corrected chi connectivity index (χ3v) is 2.34. The first kappa shape index (κ1) is 9.66. The molecule has 0 saturated carbocycles. The van der Waals surface area contributed by atoms with Gasteiger partial charge in [0.05, 0.1) is 16.9 Å². The summed E-state index contributed by atoms with van der Waals surface area (Å²) in [5, 5.41) is 14.6. The third kappa shape index (κ3) is 1.84. The van der Waals surface area contributed by atoms with Gasteiger partial charge in [-0.05, 0) is 4.92 Å². The van der Waals surface area contributed by atoms with E-state index in [2.05, 4.69) is 37.0 Å². The minimum atomic E-state index is -0.509. The molecule has 1 aromatic heterocycles. The van der Waals surface area contributed by atoms with E-state index in [0.717, 1.165) is 5.69 Å². The molecule has 1 rings (SSSR count). The number of alkyl halides is 2. The highest BCUT2D eigenvalue weighted by Gasteiger charge is 2.15. The van der Waals surface area contributed by atoms with E-state index in [1.807, 2.05) is 0 Å². The van der Waals surface area contributed by atoms with Gasteiger partial charge in [0.2, 0.25) is 0 Å². The summed E-state index contributed by atoms with van der Waals surface area (Å²) in [5.74, 6) is -0.121. The highest BCUT2D eigenvalue weighted by molar-refractivity contribution is 9.08. The zero-order valence-corrected chi connectivity index (χ0v) is 9.08. The fourth-order valence-corrected chi connectivity index (χ4v) is 1.63. The third-order valence-electron chi connectivity index (χ3n) is 1.29. The van der Waals surface area contributed by atoms with E-state index in [0.29, 0.717) is 10.8 Å². The molecule has 0 atom stereocenters. The number of hydrogen-bond acceptors (Lipinski definition) is 3. The molecular formula is C5H5Br2N3O2. The largest absolute Gasteiger partial charge is 0.390 e. The van der Waals surface area contributed by atoms with Crippen LogP contribution in [0.1, 0.15) is 5.69 Å². The summed E-state index contributed by atoms with van der Waals surface area (Å²) in [5.41, 5.74) is 1.24. The van der Waals surface area contributed by atoms with Crippen molar-refractivity contribution in [3.05, 3.63) is 21.9 Å². The van der Waals surface area contributed by atoms with Crippen LogP contribution in [0.2, 0.25) is 0 Å². The summed E-state index contributed by atoms with van der Waals surface area (Å²) < 4.78 is 1.52. The van der Waals surface area contributed by atoms with Crippen molar-refractivity contribution in [3.8, 4) is 0 Å². The van der Waals surface area contributed by atoms with E-state index in [4.69, 9.17) is 0 Å². The summed E-state index contributed by atoms with van der Waals surface area (Å²) in [6, 6.07) is 1.44. The summed E-state index contributed by atoms with van der Waals surface area (Å²) in [6.07, 6.45) is 0. The van der Waals surface area contributed by atoms with Crippen LogP contribution >= 0.6 is 31.9 Å². The van der Waals surface area contributed by atoms with Crippen LogP contribution in [0.5, 0.6) is 0 Å². The molecule has 0 aliphatic rings. The molecule has 5 nitrogen and oxygen atoms in total. The average Bonchev–Trinajstić information content (AvgIpc) is 2.46. The maximum Gasteiger partial charge on any atom is 0.390 e. The Balaban J connectivity index is 3.05. The van der Waals surface area contributed by atoms with Crippen molar-refractivity contribution in [2.45, 2.75) is 10.8 Å². The zero-order valence-electron chi connectivity index (χ0n) is 5.91. The minimum absolute atomic E-state index is 0.121. The van der Waals surface area contributed by atoms with Crippen molar-refractivity contribution < 1.29 is 4.92 Å². The molecule has 0 aliphatic heterocycles. The van der Waals surface area contributed by atoms with Gasteiger partial charge in [0.25, 0.3) is 0 Å². The van der Waals surface area contributed by atoms with Gasteiger partial charge in [0, 0.05) is 5.33 Å². The van der Waals surface area contributed by atoms with Crippen molar-refractivity contribution in [1.82, 2.24) is 9.78 Å². The van der Waals surface area contributed by atoms with Crippen LogP contribution in [0.15, 0.2) is 6.07 Å². The van der Waals surface area contributed by atoms with Gasteiger partial charge in [0.15, 0.2) is 0 Å². The van der Waals surface area contributed by atoms with Gasteiger partial charge in [0.1, 0.15) is 5.45 Å². The van der Waals surface area contributed by atoms with E-state index < -0.39 is 4.92 Å². The van der Waals surface area contributed by atoms with E-state index in [9.17, 15) is 10.1 Å². The van der Waals surface area contributed by atoms with Crippen LogP contribution in [0.25, 0.3) is 0 Å². The van der Waals surface area contributed by atoms with Gasteiger partial charge < -0.3 is 10.1 Å². The van der Waals surface area contributed by atoms with Crippen molar-refractivity contribution in [2.75, 3.05) is 0 Å². The number of aromatic nitrogens is 2. The van der Waals surface area contributed by atoms with Gasteiger partial charge in [-0.25, -0.2) is 0 Å².